The van der Waals surface area contributed by atoms with Crippen LogP contribution in [0.5, 0.6) is 0 Å². The summed E-state index contributed by atoms with van der Waals surface area (Å²) in [5.74, 6) is 0.455. The van der Waals surface area contributed by atoms with Crippen LogP contribution in [0.3, 0.4) is 0 Å². The first-order chi connectivity index (χ1) is 17.0. The number of carbonyl (C=O) groups is 1. The molecule has 1 N–H and O–H groups in total. The van der Waals surface area contributed by atoms with E-state index >= 15 is 0 Å². The normalized spacial score (nSPS) is 11.3. The van der Waals surface area contributed by atoms with Crippen LogP contribution in [-0.2, 0) is 11.2 Å². The number of carbonyl (C=O) groups excluding carboxylic acids is 1. The number of nitrogens with zero attached hydrogens (tertiary/aromatic N) is 4. The number of anilines is 1. The molecule has 35 heavy (non-hydrogen) atoms. The Hall–Kier alpha value is -3.91. The first-order valence-electron chi connectivity index (χ1n) is 11.5. The maximum atomic E-state index is 13.6. The molecular weight excluding hydrogens is 458 g/mol. The summed E-state index contributed by atoms with van der Waals surface area (Å²) >= 11 is 1.29. The van der Waals surface area contributed by atoms with Crippen molar-refractivity contribution >= 4 is 40.0 Å². The van der Waals surface area contributed by atoms with Crippen LogP contribution in [0, 0.1) is 13.8 Å². The van der Waals surface area contributed by atoms with E-state index in [0.717, 1.165) is 34.5 Å². The van der Waals surface area contributed by atoms with Crippen LogP contribution in [0.15, 0.2) is 76.7 Å². The fraction of sp³-hybridized carbons (Fsp3) is 0.185. The molecule has 0 aliphatic carbocycles. The Bertz CT molecular complexity index is 1640. The lowest BCUT2D eigenvalue weighted by Crippen LogP contribution is -2.23. The maximum Gasteiger partial charge on any atom is 0.267 e. The van der Waals surface area contributed by atoms with Crippen LogP contribution in [0.25, 0.3) is 22.4 Å². The predicted octanol–water partition coefficient (Wildman–Crippen LogP) is 4.94. The van der Waals surface area contributed by atoms with E-state index < -0.39 is 0 Å². The summed E-state index contributed by atoms with van der Waals surface area (Å²) in [5.41, 5.74) is 5.31. The van der Waals surface area contributed by atoms with Gasteiger partial charge in [-0.1, -0.05) is 61.2 Å². The van der Waals surface area contributed by atoms with Crippen LogP contribution in [0.1, 0.15) is 23.6 Å². The van der Waals surface area contributed by atoms with Crippen LogP contribution in [0.2, 0.25) is 0 Å². The lowest BCUT2D eigenvalue weighted by Gasteiger charge is -2.14. The zero-order valence-electron chi connectivity index (χ0n) is 19.8. The van der Waals surface area contributed by atoms with Gasteiger partial charge in [0.1, 0.15) is 0 Å². The molecule has 176 valence electrons. The number of amides is 1. The van der Waals surface area contributed by atoms with E-state index in [-0.39, 0.29) is 17.2 Å². The molecule has 2 aromatic heterocycles. The van der Waals surface area contributed by atoms with E-state index in [1.165, 1.54) is 11.8 Å². The molecule has 2 heterocycles. The number of benzene rings is 3. The number of thioether (sulfide) groups is 1. The zero-order chi connectivity index (χ0) is 24.5. The van der Waals surface area contributed by atoms with Gasteiger partial charge in [-0.25, -0.2) is 4.57 Å². The van der Waals surface area contributed by atoms with Gasteiger partial charge in [-0.05, 0) is 61.2 Å². The lowest BCUT2D eigenvalue weighted by molar-refractivity contribution is -0.113. The Balaban J connectivity index is 1.57. The highest BCUT2D eigenvalue weighted by Gasteiger charge is 2.20. The molecule has 0 saturated carbocycles. The van der Waals surface area contributed by atoms with Gasteiger partial charge in [-0.15, -0.1) is 10.2 Å². The number of aryl methyl sites for hydroxylation is 2. The molecule has 0 spiro atoms. The molecule has 3 aromatic carbocycles. The number of nitrogens with one attached hydrogen (secondary N) is 1. The van der Waals surface area contributed by atoms with Crippen molar-refractivity contribution in [2.75, 3.05) is 11.1 Å². The Kier molecular flexibility index (Phi) is 6.13. The zero-order valence-corrected chi connectivity index (χ0v) is 20.6. The highest BCUT2D eigenvalue weighted by atomic mass is 32.2. The van der Waals surface area contributed by atoms with Gasteiger partial charge in [0.15, 0.2) is 5.16 Å². The minimum atomic E-state index is -0.153. The van der Waals surface area contributed by atoms with E-state index in [2.05, 4.69) is 22.4 Å². The van der Waals surface area contributed by atoms with Crippen molar-refractivity contribution in [1.82, 2.24) is 19.2 Å². The van der Waals surface area contributed by atoms with Crippen LogP contribution in [0.4, 0.5) is 5.69 Å². The number of rotatable bonds is 6. The van der Waals surface area contributed by atoms with Crippen LogP contribution >= 0.6 is 11.8 Å². The summed E-state index contributed by atoms with van der Waals surface area (Å²) in [6.45, 7) is 6.07. The minimum absolute atomic E-state index is 0.125. The molecule has 0 saturated heterocycles. The second-order valence-corrected chi connectivity index (χ2v) is 9.28. The third kappa shape index (κ3) is 4.10. The lowest BCUT2D eigenvalue weighted by atomic mass is 10.1. The van der Waals surface area contributed by atoms with Gasteiger partial charge in [0.05, 0.1) is 22.3 Å². The average Bonchev–Trinajstić information content (AvgIpc) is 3.29. The third-order valence-electron chi connectivity index (χ3n) is 6.22. The first kappa shape index (κ1) is 22.9. The quantitative estimate of drug-likeness (QED) is 0.346. The van der Waals surface area contributed by atoms with Gasteiger partial charge >= 0.3 is 0 Å². The molecule has 1 amide bonds. The molecule has 5 aromatic rings. The average molecular weight is 484 g/mol. The second-order valence-electron chi connectivity index (χ2n) is 8.34. The SMILES string of the molecule is CCc1ccccc1NC(=O)CSc1nnc2n(-c3cccc(C)c3C)c(=O)c3ccccc3n12. The minimum Gasteiger partial charge on any atom is -0.325 e. The molecule has 7 nitrogen and oxygen atoms in total. The Morgan fingerprint density at radius 3 is 2.57 bits per heavy atom. The second kappa shape index (κ2) is 9.38. The van der Waals surface area contributed by atoms with Crippen molar-refractivity contribution in [3.05, 3.63) is 93.8 Å². The summed E-state index contributed by atoms with van der Waals surface area (Å²) < 4.78 is 3.47. The number of hydrogen-bond donors (Lipinski definition) is 1. The van der Waals surface area contributed by atoms with Gasteiger partial charge in [-0.2, -0.15) is 0 Å². The molecule has 8 heteroatoms. The molecule has 0 radical (unpaired) electrons. The Morgan fingerprint density at radius 2 is 1.74 bits per heavy atom. The predicted molar refractivity (Wildman–Crippen MR) is 141 cm³/mol. The van der Waals surface area contributed by atoms with Crippen LogP contribution in [-0.4, -0.2) is 30.8 Å². The van der Waals surface area contributed by atoms with E-state index in [1.54, 1.807) is 4.57 Å². The number of para-hydroxylation sites is 2. The van der Waals surface area contributed by atoms with Gasteiger partial charge in [0, 0.05) is 5.69 Å². The fourth-order valence-electron chi connectivity index (χ4n) is 4.23. The monoisotopic (exact) mass is 483 g/mol. The van der Waals surface area contributed by atoms with Crippen LogP contribution < -0.4 is 10.9 Å². The topological polar surface area (TPSA) is 81.3 Å². The summed E-state index contributed by atoms with van der Waals surface area (Å²) in [5, 5.41) is 12.9. The van der Waals surface area contributed by atoms with Crippen molar-refractivity contribution < 1.29 is 4.79 Å². The Labute approximate surface area is 206 Å². The molecule has 0 fully saturated rings. The van der Waals surface area contributed by atoms with Gasteiger partial charge < -0.3 is 5.32 Å². The fourth-order valence-corrected chi connectivity index (χ4v) is 4.97. The molecule has 5 rings (SSSR count). The summed E-state index contributed by atoms with van der Waals surface area (Å²) in [6.07, 6.45) is 0.834. The maximum absolute atomic E-state index is 13.6. The molecule has 0 unspecified atom stereocenters. The summed E-state index contributed by atoms with van der Waals surface area (Å²) in [4.78, 5) is 26.3. The van der Waals surface area contributed by atoms with Crippen molar-refractivity contribution in [1.29, 1.82) is 0 Å². The molecule has 0 atom stereocenters. The largest absolute Gasteiger partial charge is 0.325 e. The van der Waals surface area contributed by atoms with Crippen molar-refractivity contribution in [2.45, 2.75) is 32.3 Å². The van der Waals surface area contributed by atoms with Crippen molar-refractivity contribution in [3.63, 3.8) is 0 Å². The smallest absolute Gasteiger partial charge is 0.267 e. The molecule has 0 aliphatic heterocycles. The van der Waals surface area contributed by atoms with E-state index in [9.17, 15) is 9.59 Å². The summed E-state index contributed by atoms with van der Waals surface area (Å²) in [6, 6.07) is 21.1. The van der Waals surface area contributed by atoms with Crippen molar-refractivity contribution in [2.24, 2.45) is 0 Å². The molecular formula is C27H25N5O2S. The van der Waals surface area contributed by atoms with E-state index in [1.807, 2.05) is 85.0 Å². The molecule has 0 bridgehead atoms. The van der Waals surface area contributed by atoms with Gasteiger partial charge in [0.25, 0.3) is 5.56 Å². The number of hydrogen-bond acceptors (Lipinski definition) is 5. The highest BCUT2D eigenvalue weighted by molar-refractivity contribution is 7.99. The molecule has 0 aliphatic rings. The summed E-state index contributed by atoms with van der Waals surface area (Å²) in [7, 11) is 0. The van der Waals surface area contributed by atoms with Gasteiger partial charge in [-0.3, -0.25) is 14.0 Å². The first-order valence-corrected chi connectivity index (χ1v) is 12.4. The van der Waals surface area contributed by atoms with E-state index in [4.69, 9.17) is 0 Å². The van der Waals surface area contributed by atoms with Crippen molar-refractivity contribution in [3.8, 4) is 5.69 Å². The number of aromatic nitrogens is 4. The highest BCUT2D eigenvalue weighted by Crippen LogP contribution is 2.25. The van der Waals surface area contributed by atoms with E-state index in [0.29, 0.717) is 21.8 Å². The third-order valence-corrected chi connectivity index (χ3v) is 7.15. The Morgan fingerprint density at radius 1 is 0.971 bits per heavy atom. The van der Waals surface area contributed by atoms with Gasteiger partial charge in [0.2, 0.25) is 11.7 Å². The standard InChI is InChI=1S/C27H25N5O2S/c1-4-19-11-5-7-13-21(19)28-24(33)16-35-27-30-29-26-31(22-15-9-10-17(2)18(22)3)25(34)20-12-6-8-14-23(20)32(26)27/h5-15H,4,16H2,1-3H3,(H,28,33). The number of fused-ring (bicyclic) bond motifs is 3.